The number of hydrogen-bond donors (Lipinski definition) is 5. The average molecular weight is 742 g/mol. The Kier molecular flexibility index (Phi) is 13.6. The zero-order valence-corrected chi connectivity index (χ0v) is 31.7. The molecule has 0 aliphatic carbocycles. The quantitative estimate of drug-likeness (QED) is 0.0684. The van der Waals surface area contributed by atoms with Crippen LogP contribution < -0.4 is 16.0 Å². The van der Waals surface area contributed by atoms with Crippen molar-refractivity contribution in [2.24, 2.45) is 0 Å². The second-order valence-electron chi connectivity index (χ2n) is 14.0. The first kappa shape index (κ1) is 40.0. The third kappa shape index (κ3) is 10.9. The maximum absolute atomic E-state index is 14.4. The first-order valence-corrected chi connectivity index (χ1v) is 18.4. The summed E-state index contributed by atoms with van der Waals surface area (Å²) in [5.41, 5.74) is 2.78. The van der Waals surface area contributed by atoms with E-state index in [-0.39, 0.29) is 12.2 Å². The molecule has 4 aromatic carbocycles. The molecule has 9 nitrogen and oxygen atoms in total. The first-order chi connectivity index (χ1) is 24.6. The second kappa shape index (κ2) is 17.7. The zero-order chi connectivity index (χ0) is 37.9. The highest BCUT2D eigenvalue weighted by Crippen LogP contribution is 2.48. The van der Waals surface area contributed by atoms with Gasteiger partial charge in [-0.2, -0.15) is 12.6 Å². The van der Waals surface area contributed by atoms with Crippen LogP contribution in [0.3, 0.4) is 0 Å². The summed E-state index contributed by atoms with van der Waals surface area (Å²) in [7, 11) is 0. The Morgan fingerprint density at radius 1 is 0.654 bits per heavy atom. The molecule has 0 spiro atoms. The Morgan fingerprint density at radius 2 is 1.08 bits per heavy atom. The van der Waals surface area contributed by atoms with Crippen LogP contribution in [0.15, 0.2) is 121 Å². The van der Waals surface area contributed by atoms with Crippen molar-refractivity contribution in [2.45, 2.75) is 74.3 Å². The van der Waals surface area contributed by atoms with Crippen molar-refractivity contribution in [1.82, 2.24) is 16.0 Å². The van der Waals surface area contributed by atoms with Crippen molar-refractivity contribution in [3.05, 3.63) is 144 Å². The number of benzene rings is 4. The molecule has 0 aromatic heterocycles. The molecule has 0 heterocycles. The van der Waals surface area contributed by atoms with Crippen LogP contribution in [0.4, 0.5) is 4.79 Å². The van der Waals surface area contributed by atoms with E-state index in [0.29, 0.717) is 0 Å². The summed E-state index contributed by atoms with van der Waals surface area (Å²) >= 11 is 5.87. The molecule has 4 rings (SSSR count). The molecule has 0 saturated carbocycles. The summed E-state index contributed by atoms with van der Waals surface area (Å²) < 4.78 is 3.65. The van der Waals surface area contributed by atoms with Crippen molar-refractivity contribution in [2.75, 3.05) is 5.75 Å². The lowest BCUT2D eigenvalue weighted by atomic mass is 9.84. The van der Waals surface area contributed by atoms with E-state index in [9.17, 15) is 24.3 Å². The number of nitrogens with one attached hydrogen (secondary N) is 3. The van der Waals surface area contributed by atoms with Crippen LogP contribution in [-0.2, 0) is 30.3 Å². The highest BCUT2D eigenvalue weighted by molar-refractivity contribution is 8.00. The van der Waals surface area contributed by atoms with E-state index in [4.69, 9.17) is 4.74 Å². The lowest BCUT2D eigenvalue weighted by molar-refractivity contribution is -0.143. The fraction of sp³-hybridized carbons (Fsp3) is 0.317. The van der Waals surface area contributed by atoms with E-state index in [2.05, 4.69) is 28.6 Å². The van der Waals surface area contributed by atoms with Gasteiger partial charge in [0.1, 0.15) is 23.7 Å². The number of thiol groups is 1. The number of amides is 3. The molecule has 4 aromatic rings. The molecule has 0 aliphatic rings. The minimum absolute atomic E-state index is 0.0604. The van der Waals surface area contributed by atoms with Crippen molar-refractivity contribution in [1.29, 1.82) is 0 Å². The Hall–Kier alpha value is -4.74. The van der Waals surface area contributed by atoms with Crippen LogP contribution >= 0.6 is 24.4 Å². The summed E-state index contributed by atoms with van der Waals surface area (Å²) in [6.45, 7) is 8.34. The molecule has 0 fully saturated rings. The van der Waals surface area contributed by atoms with Crippen molar-refractivity contribution in [3.63, 3.8) is 0 Å². The zero-order valence-electron chi connectivity index (χ0n) is 30.0. The first-order valence-electron chi connectivity index (χ1n) is 17.0. The molecule has 4 N–H and O–H groups in total. The van der Waals surface area contributed by atoms with Gasteiger partial charge >= 0.3 is 12.1 Å². The van der Waals surface area contributed by atoms with Gasteiger partial charge in [-0.15, -0.1) is 11.8 Å². The Balaban J connectivity index is 1.75. The van der Waals surface area contributed by atoms with E-state index in [1.54, 1.807) is 34.6 Å². The number of carbonyl (C=O) groups excluding carboxylic acids is 3. The molecule has 0 bridgehead atoms. The number of rotatable bonds is 15. The maximum atomic E-state index is 14.4. The molecule has 0 saturated heterocycles. The van der Waals surface area contributed by atoms with Crippen LogP contribution in [0.5, 0.6) is 0 Å². The number of ether oxygens (including phenoxy) is 1. The maximum Gasteiger partial charge on any atom is 0.408 e. The van der Waals surface area contributed by atoms with Crippen LogP contribution in [-0.4, -0.2) is 63.2 Å². The lowest BCUT2D eigenvalue weighted by Gasteiger charge is -2.36. The standard InChI is InChI=1S/C41H47N3O6S2/c1-39(2,3)50-38(49)43-33(36(46)42-32(26-28-18-10-6-11-19-28)35(45)44-34(37(47)48)40(4,5)51)27-52-41(29-20-12-7-13-21-29,30-22-14-8-15-23-30)31-24-16-9-17-25-31/h6-25,32-34,51H,26-27H2,1-5H3,(H,42,46)(H,43,49)(H,44,45)(H,47,48)/t32-,33+,34+/m1/s1. The number of carboxylic acids is 1. The normalized spacial score (nSPS) is 13.6. The van der Waals surface area contributed by atoms with Crippen molar-refractivity contribution in [3.8, 4) is 0 Å². The molecule has 0 radical (unpaired) electrons. The van der Waals surface area contributed by atoms with Crippen molar-refractivity contribution < 1.29 is 29.0 Å². The number of carbonyl (C=O) groups is 4. The van der Waals surface area contributed by atoms with E-state index in [1.165, 1.54) is 11.8 Å². The van der Waals surface area contributed by atoms with Gasteiger partial charge in [-0.3, -0.25) is 9.59 Å². The second-order valence-corrected chi connectivity index (χ2v) is 16.4. The smallest absolute Gasteiger partial charge is 0.408 e. The summed E-state index contributed by atoms with van der Waals surface area (Å²) in [5, 5.41) is 18.1. The van der Waals surface area contributed by atoms with E-state index < -0.39 is 57.1 Å². The largest absolute Gasteiger partial charge is 0.480 e. The average Bonchev–Trinajstić information content (AvgIpc) is 3.10. The molecule has 3 amide bonds. The minimum atomic E-state index is -1.35. The summed E-state index contributed by atoms with van der Waals surface area (Å²) in [5.74, 6) is -2.56. The van der Waals surface area contributed by atoms with Crippen LogP contribution in [0.25, 0.3) is 0 Å². The Labute approximate surface area is 315 Å². The number of thioether (sulfide) groups is 1. The molecular formula is C41H47N3O6S2. The van der Waals surface area contributed by atoms with Gasteiger partial charge in [0.05, 0.1) is 4.75 Å². The number of alkyl carbamates (subject to hydrolysis) is 1. The predicted molar refractivity (Wildman–Crippen MR) is 210 cm³/mol. The number of carboxylic acid groups (broad SMARTS) is 1. The van der Waals surface area contributed by atoms with Gasteiger partial charge in [-0.1, -0.05) is 121 Å². The lowest BCUT2D eigenvalue weighted by Crippen LogP contribution is -2.59. The third-order valence-electron chi connectivity index (χ3n) is 8.17. The molecule has 52 heavy (non-hydrogen) atoms. The Bertz CT molecular complexity index is 1680. The van der Waals surface area contributed by atoms with Gasteiger partial charge in [0.2, 0.25) is 11.8 Å². The number of aliphatic carboxylic acids is 1. The van der Waals surface area contributed by atoms with Gasteiger partial charge in [0.25, 0.3) is 0 Å². The molecule has 0 aliphatic heterocycles. The molecule has 274 valence electrons. The molecule has 11 heteroatoms. The fourth-order valence-electron chi connectivity index (χ4n) is 5.72. The van der Waals surface area contributed by atoms with Crippen LogP contribution in [0.1, 0.15) is 56.9 Å². The molecule has 3 atom stereocenters. The highest BCUT2D eigenvalue weighted by atomic mass is 32.2. The molecular weight excluding hydrogens is 695 g/mol. The number of hydrogen-bond acceptors (Lipinski definition) is 7. The van der Waals surface area contributed by atoms with Crippen LogP contribution in [0, 0.1) is 0 Å². The summed E-state index contributed by atoms with van der Waals surface area (Å²) in [6.07, 6.45) is -0.740. The SMILES string of the molecule is CC(C)(C)OC(=O)N[C@@H](CSC(c1ccccc1)(c1ccccc1)c1ccccc1)C(=O)N[C@H](Cc1ccccc1)C(=O)N[C@@H](C(=O)O)C(C)(C)S. The van der Waals surface area contributed by atoms with Gasteiger partial charge in [0.15, 0.2) is 0 Å². The van der Waals surface area contributed by atoms with E-state index in [1.807, 2.05) is 121 Å². The van der Waals surface area contributed by atoms with E-state index in [0.717, 1.165) is 22.3 Å². The summed E-state index contributed by atoms with van der Waals surface area (Å²) in [4.78, 5) is 53.6. The Morgan fingerprint density at radius 3 is 1.48 bits per heavy atom. The summed E-state index contributed by atoms with van der Waals surface area (Å²) in [6, 6.07) is 35.1. The minimum Gasteiger partial charge on any atom is -0.480 e. The van der Waals surface area contributed by atoms with Gasteiger partial charge in [0, 0.05) is 16.9 Å². The predicted octanol–water partition coefficient (Wildman–Crippen LogP) is 6.61. The van der Waals surface area contributed by atoms with Gasteiger partial charge in [-0.05, 0) is 56.9 Å². The monoisotopic (exact) mass is 741 g/mol. The fourth-order valence-corrected chi connectivity index (χ4v) is 7.46. The molecule has 0 unspecified atom stereocenters. The topological polar surface area (TPSA) is 134 Å². The highest BCUT2D eigenvalue weighted by Gasteiger charge is 2.40. The van der Waals surface area contributed by atoms with Gasteiger partial charge in [-0.25, -0.2) is 9.59 Å². The van der Waals surface area contributed by atoms with E-state index >= 15 is 0 Å². The third-order valence-corrected chi connectivity index (χ3v) is 10.1. The van der Waals surface area contributed by atoms with Crippen molar-refractivity contribution >= 4 is 48.3 Å². The van der Waals surface area contributed by atoms with Crippen LogP contribution in [0.2, 0.25) is 0 Å². The van der Waals surface area contributed by atoms with Gasteiger partial charge < -0.3 is 25.8 Å².